The van der Waals surface area contributed by atoms with Gasteiger partial charge in [-0.15, -0.1) is 0 Å². The smallest absolute Gasteiger partial charge is 0.173 e. The minimum Gasteiger partial charge on any atom is -0.372 e. The summed E-state index contributed by atoms with van der Waals surface area (Å²) in [6, 6.07) is 4.08. The first-order chi connectivity index (χ1) is 18.7. The number of aryl methyl sites for hydroxylation is 1. The fraction of sp³-hybridized carbons (Fsp3) is 0.344. The predicted octanol–water partition coefficient (Wildman–Crippen LogP) is 3.50. The molecule has 1 aliphatic carbocycles. The van der Waals surface area contributed by atoms with Gasteiger partial charge >= 0.3 is 0 Å². The van der Waals surface area contributed by atoms with Gasteiger partial charge in [0.2, 0.25) is 0 Å². The van der Waals surface area contributed by atoms with Crippen LogP contribution >= 0.6 is 0 Å². The Morgan fingerprint density at radius 2 is 1.72 bits per heavy atom. The lowest BCUT2D eigenvalue weighted by Crippen LogP contribution is -2.47. The molecule has 39 heavy (non-hydrogen) atoms. The molecular weight excluding hydrogens is 484 g/mol. The van der Waals surface area contributed by atoms with Gasteiger partial charge < -0.3 is 10.3 Å². The maximum atomic E-state index is 14.4. The number of allylic oxidation sites excluding steroid dienone is 4. The minimum atomic E-state index is -0.837. The number of nitrogens with one attached hydrogen (secondary N) is 2. The van der Waals surface area contributed by atoms with E-state index in [0.29, 0.717) is 11.7 Å². The Hall–Kier alpha value is -4.13. The van der Waals surface area contributed by atoms with E-state index in [0.717, 1.165) is 58.3 Å². The molecule has 4 aliphatic heterocycles. The molecule has 2 N–H and O–H groups in total. The van der Waals surface area contributed by atoms with Crippen LogP contribution in [-0.4, -0.2) is 37.7 Å². The predicted molar refractivity (Wildman–Crippen MR) is 153 cm³/mol. The van der Waals surface area contributed by atoms with Crippen LogP contribution in [0.15, 0.2) is 82.4 Å². The zero-order valence-corrected chi connectivity index (χ0v) is 22.5. The molecule has 0 aromatic carbocycles. The van der Waals surface area contributed by atoms with Crippen LogP contribution in [0.3, 0.4) is 0 Å². The van der Waals surface area contributed by atoms with Crippen molar-refractivity contribution in [3.8, 4) is 0 Å². The van der Waals surface area contributed by atoms with Crippen LogP contribution < -0.4 is 16.0 Å². The number of H-pyrrole nitrogens is 1. The van der Waals surface area contributed by atoms with Gasteiger partial charge in [0.25, 0.3) is 0 Å². The highest BCUT2D eigenvalue weighted by Gasteiger charge is 2.55. The first-order valence-electron chi connectivity index (χ1n) is 13.8. The van der Waals surface area contributed by atoms with Gasteiger partial charge in [-0.3, -0.25) is 9.79 Å². The SMILES string of the molecule is Cc1ncc(C23C=CC(=N2)C=c2ccc([nH]2)=CC2=NC(=CC4(CC5CCC5)NC(=C3)C(C)(C)C4=O)C=C2)cn1. The normalized spacial score (nSPS) is 28.5. The van der Waals surface area contributed by atoms with Crippen LogP contribution in [0, 0.1) is 18.3 Å². The van der Waals surface area contributed by atoms with Gasteiger partial charge in [0.1, 0.15) is 16.9 Å². The van der Waals surface area contributed by atoms with Crippen molar-refractivity contribution < 1.29 is 4.79 Å². The number of aromatic amines is 1. The minimum absolute atomic E-state index is 0.174. The number of ketones is 1. The van der Waals surface area contributed by atoms with Crippen molar-refractivity contribution in [1.29, 1.82) is 0 Å². The first kappa shape index (κ1) is 23.9. The standard InChI is InChI=1S/C32H32N6O/c1-20-33-18-22(19-34-20)31-12-11-26(37-31)14-25-8-7-23(35-25)13-24-9-10-27(36-24)16-32(15-21-5-4-6-21)29(39)30(2,3)28(17-31)38-32/h7-14,16-19,21,35,38H,4-6,15H2,1-3H3. The molecule has 0 spiro atoms. The van der Waals surface area contributed by atoms with Crippen molar-refractivity contribution >= 4 is 29.4 Å². The molecule has 0 radical (unpaired) electrons. The number of aliphatic imine (C=N–C) groups is 2. The number of hydrogen-bond donors (Lipinski definition) is 2. The maximum Gasteiger partial charge on any atom is 0.173 e. The molecule has 7 heteroatoms. The quantitative estimate of drug-likeness (QED) is 0.653. The topological polar surface area (TPSA) is 95.4 Å². The van der Waals surface area contributed by atoms with Gasteiger partial charge in [-0.2, -0.15) is 0 Å². The maximum absolute atomic E-state index is 14.4. The second-order valence-electron chi connectivity index (χ2n) is 11.9. The number of carbonyl (C=O) groups is 1. The average molecular weight is 517 g/mol. The lowest BCUT2D eigenvalue weighted by Gasteiger charge is -2.35. The van der Waals surface area contributed by atoms with E-state index in [1.807, 2.05) is 75.7 Å². The summed E-state index contributed by atoms with van der Waals surface area (Å²) in [5, 5.41) is 5.67. The average Bonchev–Trinajstić information content (AvgIpc) is 3.64. The molecule has 5 aliphatic rings. The number of hydrogen-bond acceptors (Lipinski definition) is 6. The van der Waals surface area contributed by atoms with Crippen molar-refractivity contribution in [2.45, 2.75) is 57.5 Å². The number of aromatic nitrogens is 3. The summed E-state index contributed by atoms with van der Waals surface area (Å²) in [5.74, 6) is 1.39. The highest BCUT2D eigenvalue weighted by Crippen LogP contribution is 2.47. The number of fused-ring (bicyclic) bond motifs is 6. The van der Waals surface area contributed by atoms with E-state index >= 15 is 0 Å². The first-order valence-corrected chi connectivity index (χ1v) is 13.8. The zero-order valence-electron chi connectivity index (χ0n) is 22.5. The molecule has 2 atom stereocenters. The third-order valence-corrected chi connectivity index (χ3v) is 8.68. The highest BCUT2D eigenvalue weighted by molar-refractivity contribution is 6.20. The van der Waals surface area contributed by atoms with Gasteiger partial charge in [-0.05, 0) is 93.9 Å². The summed E-state index contributed by atoms with van der Waals surface area (Å²) in [4.78, 5) is 36.9. The van der Waals surface area contributed by atoms with Gasteiger partial charge in [0, 0.05) is 34.4 Å². The van der Waals surface area contributed by atoms with E-state index < -0.39 is 16.5 Å². The molecule has 1 saturated carbocycles. The Kier molecular flexibility index (Phi) is 5.18. The molecule has 2 aromatic rings. The van der Waals surface area contributed by atoms with Crippen molar-refractivity contribution in [3.05, 3.63) is 94.5 Å². The van der Waals surface area contributed by atoms with Crippen LogP contribution in [-0.2, 0) is 10.3 Å². The Morgan fingerprint density at radius 1 is 0.974 bits per heavy atom. The summed E-state index contributed by atoms with van der Waals surface area (Å²) in [6.07, 6.45) is 24.3. The molecule has 8 bridgehead atoms. The van der Waals surface area contributed by atoms with E-state index in [1.54, 1.807) is 0 Å². The molecule has 2 fully saturated rings. The van der Waals surface area contributed by atoms with Crippen LogP contribution in [0.1, 0.15) is 50.9 Å². The molecule has 6 heterocycles. The van der Waals surface area contributed by atoms with Crippen molar-refractivity contribution in [2.24, 2.45) is 21.3 Å². The van der Waals surface area contributed by atoms with E-state index in [9.17, 15) is 4.79 Å². The highest BCUT2D eigenvalue weighted by atomic mass is 16.1. The van der Waals surface area contributed by atoms with Gasteiger partial charge in [0.15, 0.2) is 5.78 Å². The third kappa shape index (κ3) is 3.99. The second kappa shape index (κ2) is 8.43. The number of rotatable bonds is 3. The number of carbonyl (C=O) groups excluding carboxylic acids is 1. The Morgan fingerprint density at radius 3 is 2.44 bits per heavy atom. The third-order valence-electron chi connectivity index (χ3n) is 8.68. The van der Waals surface area contributed by atoms with E-state index in [4.69, 9.17) is 9.98 Å². The summed E-state index contributed by atoms with van der Waals surface area (Å²) >= 11 is 0. The molecular formula is C32H32N6O. The summed E-state index contributed by atoms with van der Waals surface area (Å²) in [5.41, 5.74) is 1.82. The van der Waals surface area contributed by atoms with Gasteiger partial charge in [-0.1, -0.05) is 19.3 Å². The monoisotopic (exact) mass is 516 g/mol. The number of nitrogens with zero attached hydrogens (tertiary/aromatic N) is 4. The van der Waals surface area contributed by atoms with Gasteiger partial charge in [0.05, 0.1) is 22.5 Å². The van der Waals surface area contributed by atoms with Crippen molar-refractivity contribution in [3.63, 3.8) is 0 Å². The van der Waals surface area contributed by atoms with Crippen molar-refractivity contribution in [1.82, 2.24) is 20.3 Å². The number of Topliss-reactive ketones (excluding diaryl/α,β-unsaturated/α-hetero) is 1. The van der Waals surface area contributed by atoms with Crippen LogP contribution in [0.4, 0.5) is 0 Å². The molecule has 7 rings (SSSR count). The van der Waals surface area contributed by atoms with E-state index in [-0.39, 0.29) is 5.78 Å². The summed E-state index contributed by atoms with van der Waals surface area (Å²) < 4.78 is 0. The van der Waals surface area contributed by atoms with Crippen LogP contribution in [0.5, 0.6) is 0 Å². The Bertz CT molecular complexity index is 1690. The molecule has 2 aromatic heterocycles. The Labute approximate surface area is 227 Å². The lowest BCUT2D eigenvalue weighted by molar-refractivity contribution is -0.127. The van der Waals surface area contributed by atoms with Gasteiger partial charge in [-0.25, -0.2) is 15.0 Å². The fourth-order valence-electron chi connectivity index (χ4n) is 6.26. The fourth-order valence-corrected chi connectivity index (χ4v) is 6.26. The lowest BCUT2D eigenvalue weighted by atomic mass is 9.71. The molecule has 0 amide bonds. The van der Waals surface area contributed by atoms with Crippen molar-refractivity contribution in [2.75, 3.05) is 0 Å². The van der Waals surface area contributed by atoms with Crippen LogP contribution in [0.2, 0.25) is 0 Å². The summed E-state index contributed by atoms with van der Waals surface area (Å²) in [6.45, 7) is 5.91. The molecule has 1 saturated heterocycles. The molecule has 2 unspecified atom stereocenters. The molecule has 7 nitrogen and oxygen atoms in total. The largest absolute Gasteiger partial charge is 0.372 e. The Balaban J connectivity index is 1.48. The zero-order chi connectivity index (χ0) is 26.8. The van der Waals surface area contributed by atoms with Crippen LogP contribution in [0.25, 0.3) is 12.2 Å². The van der Waals surface area contributed by atoms with E-state index in [2.05, 4.69) is 38.5 Å². The van der Waals surface area contributed by atoms with E-state index in [1.165, 1.54) is 6.42 Å². The summed E-state index contributed by atoms with van der Waals surface area (Å²) in [7, 11) is 0. The molecule has 196 valence electrons. The second-order valence-corrected chi connectivity index (χ2v) is 11.9.